The first-order valence-electron chi connectivity index (χ1n) is 8.59. The van der Waals surface area contributed by atoms with Crippen LogP contribution in [-0.2, 0) is 11.3 Å². The number of piperazine rings is 1. The predicted molar refractivity (Wildman–Crippen MR) is 92.9 cm³/mol. The van der Waals surface area contributed by atoms with Crippen molar-refractivity contribution in [2.75, 3.05) is 31.9 Å². The van der Waals surface area contributed by atoms with Gasteiger partial charge in [-0.3, -0.25) is 14.7 Å². The maximum absolute atomic E-state index is 12.5. The topological polar surface area (TPSA) is 80.0 Å². The van der Waals surface area contributed by atoms with Crippen LogP contribution in [0.15, 0.2) is 29.7 Å². The van der Waals surface area contributed by atoms with Crippen LogP contribution in [0.3, 0.4) is 0 Å². The standard InChI is InChI=1S/C16H21N7OS/c24-15(12-25-16-18-19-20-23(16)14-3-4-14)22-8-6-21(7-9-22)11-13-2-1-5-17-10-13/h1-2,5,10,14H,3-4,6-9,11-12H2. The number of hydrogen-bond donors (Lipinski definition) is 0. The Hall–Kier alpha value is -2.00. The van der Waals surface area contributed by atoms with Gasteiger partial charge in [-0.15, -0.1) is 5.10 Å². The molecular weight excluding hydrogens is 338 g/mol. The summed E-state index contributed by atoms with van der Waals surface area (Å²) in [7, 11) is 0. The van der Waals surface area contributed by atoms with Gasteiger partial charge in [0.1, 0.15) is 0 Å². The summed E-state index contributed by atoms with van der Waals surface area (Å²) in [6.07, 6.45) is 5.95. The lowest BCUT2D eigenvalue weighted by atomic mass is 10.2. The Morgan fingerprint density at radius 3 is 2.80 bits per heavy atom. The van der Waals surface area contributed by atoms with E-state index in [0.717, 1.165) is 50.7 Å². The van der Waals surface area contributed by atoms with Crippen molar-refractivity contribution in [1.29, 1.82) is 0 Å². The fraction of sp³-hybridized carbons (Fsp3) is 0.562. The molecule has 0 bridgehead atoms. The van der Waals surface area contributed by atoms with E-state index in [1.165, 1.54) is 17.3 Å². The summed E-state index contributed by atoms with van der Waals surface area (Å²) in [6.45, 7) is 4.22. The van der Waals surface area contributed by atoms with Gasteiger partial charge in [0, 0.05) is 45.1 Å². The highest BCUT2D eigenvalue weighted by molar-refractivity contribution is 7.99. The van der Waals surface area contributed by atoms with Crippen molar-refractivity contribution in [3.05, 3.63) is 30.1 Å². The van der Waals surface area contributed by atoms with Crippen LogP contribution in [0.5, 0.6) is 0 Å². The average molecular weight is 359 g/mol. The molecular formula is C16H21N7OS. The number of aromatic nitrogens is 5. The molecule has 0 aromatic carbocycles. The Balaban J connectivity index is 1.23. The fourth-order valence-electron chi connectivity index (χ4n) is 2.95. The Bertz CT molecular complexity index is 710. The highest BCUT2D eigenvalue weighted by atomic mass is 32.2. The first kappa shape index (κ1) is 16.5. The van der Waals surface area contributed by atoms with Gasteiger partial charge in [-0.25, -0.2) is 4.68 Å². The van der Waals surface area contributed by atoms with Gasteiger partial charge in [0.2, 0.25) is 11.1 Å². The number of thioether (sulfide) groups is 1. The van der Waals surface area contributed by atoms with Crippen LogP contribution in [0, 0.1) is 0 Å². The summed E-state index contributed by atoms with van der Waals surface area (Å²) in [5, 5.41) is 12.5. The molecule has 1 amide bonds. The Labute approximate surface area is 150 Å². The van der Waals surface area contributed by atoms with E-state index >= 15 is 0 Å². The van der Waals surface area contributed by atoms with Crippen LogP contribution < -0.4 is 0 Å². The smallest absolute Gasteiger partial charge is 0.233 e. The van der Waals surface area contributed by atoms with Gasteiger partial charge in [0.15, 0.2) is 0 Å². The van der Waals surface area contributed by atoms with Gasteiger partial charge in [0.05, 0.1) is 11.8 Å². The molecule has 2 aromatic heterocycles. The van der Waals surface area contributed by atoms with E-state index in [1.54, 1.807) is 6.20 Å². The Morgan fingerprint density at radius 1 is 1.24 bits per heavy atom. The minimum absolute atomic E-state index is 0.163. The van der Waals surface area contributed by atoms with Crippen LogP contribution in [0.25, 0.3) is 0 Å². The van der Waals surface area contributed by atoms with E-state index in [-0.39, 0.29) is 5.91 Å². The largest absolute Gasteiger partial charge is 0.339 e. The lowest BCUT2D eigenvalue weighted by Crippen LogP contribution is -2.48. The van der Waals surface area contributed by atoms with Gasteiger partial charge < -0.3 is 4.90 Å². The lowest BCUT2D eigenvalue weighted by molar-refractivity contribution is -0.130. The number of rotatable bonds is 6. The van der Waals surface area contributed by atoms with Crippen LogP contribution in [0.2, 0.25) is 0 Å². The molecule has 1 saturated carbocycles. The summed E-state index contributed by atoms with van der Waals surface area (Å²) >= 11 is 1.44. The van der Waals surface area contributed by atoms with Crippen molar-refractivity contribution in [3.63, 3.8) is 0 Å². The van der Waals surface area contributed by atoms with E-state index in [1.807, 2.05) is 21.8 Å². The molecule has 0 N–H and O–H groups in total. The molecule has 1 saturated heterocycles. The van der Waals surface area contributed by atoms with Crippen LogP contribution >= 0.6 is 11.8 Å². The van der Waals surface area contributed by atoms with Crippen LogP contribution in [-0.4, -0.2) is 72.8 Å². The van der Waals surface area contributed by atoms with Gasteiger partial charge in [-0.05, 0) is 34.9 Å². The molecule has 25 heavy (non-hydrogen) atoms. The number of hydrogen-bond acceptors (Lipinski definition) is 7. The minimum Gasteiger partial charge on any atom is -0.339 e. The van der Waals surface area contributed by atoms with Crippen LogP contribution in [0.4, 0.5) is 0 Å². The summed E-state index contributed by atoms with van der Waals surface area (Å²) < 4.78 is 1.85. The Kier molecular flexibility index (Phi) is 4.93. The molecule has 132 valence electrons. The summed E-state index contributed by atoms with van der Waals surface area (Å²) in [6, 6.07) is 4.48. The SMILES string of the molecule is O=C(CSc1nnnn1C1CC1)N1CCN(Cc2cccnc2)CC1. The monoisotopic (exact) mass is 359 g/mol. The number of pyridine rings is 1. The maximum Gasteiger partial charge on any atom is 0.233 e. The summed E-state index contributed by atoms with van der Waals surface area (Å²) in [5.74, 6) is 0.562. The molecule has 0 radical (unpaired) electrons. The molecule has 3 heterocycles. The van der Waals surface area contributed by atoms with E-state index in [2.05, 4.69) is 31.5 Å². The van der Waals surface area contributed by atoms with E-state index in [4.69, 9.17) is 0 Å². The zero-order valence-corrected chi connectivity index (χ0v) is 14.8. The first-order valence-corrected chi connectivity index (χ1v) is 9.58. The van der Waals surface area contributed by atoms with E-state index in [0.29, 0.717) is 11.8 Å². The number of nitrogens with zero attached hydrogens (tertiary/aromatic N) is 7. The van der Waals surface area contributed by atoms with Crippen molar-refractivity contribution in [1.82, 2.24) is 35.0 Å². The number of carbonyl (C=O) groups is 1. The molecule has 0 spiro atoms. The van der Waals surface area contributed by atoms with Crippen molar-refractivity contribution >= 4 is 17.7 Å². The molecule has 0 unspecified atom stereocenters. The molecule has 9 heteroatoms. The molecule has 0 atom stereocenters. The molecule has 1 aliphatic carbocycles. The van der Waals surface area contributed by atoms with E-state index < -0.39 is 0 Å². The van der Waals surface area contributed by atoms with Crippen molar-refractivity contribution in [3.8, 4) is 0 Å². The van der Waals surface area contributed by atoms with Crippen molar-refractivity contribution in [2.24, 2.45) is 0 Å². The molecule has 2 aromatic rings. The van der Waals surface area contributed by atoms with Gasteiger partial charge in [0.25, 0.3) is 0 Å². The second-order valence-electron chi connectivity index (χ2n) is 6.44. The lowest BCUT2D eigenvalue weighted by Gasteiger charge is -2.34. The second kappa shape index (κ2) is 7.49. The maximum atomic E-state index is 12.5. The fourth-order valence-corrected chi connectivity index (χ4v) is 3.80. The Morgan fingerprint density at radius 2 is 2.08 bits per heavy atom. The third kappa shape index (κ3) is 4.16. The molecule has 1 aliphatic heterocycles. The highest BCUT2D eigenvalue weighted by Gasteiger charge is 2.28. The summed E-state index contributed by atoms with van der Waals surface area (Å²) in [4.78, 5) is 20.9. The third-order valence-electron chi connectivity index (χ3n) is 4.53. The molecule has 2 fully saturated rings. The van der Waals surface area contributed by atoms with Gasteiger partial charge >= 0.3 is 0 Å². The van der Waals surface area contributed by atoms with Crippen LogP contribution in [0.1, 0.15) is 24.4 Å². The second-order valence-corrected chi connectivity index (χ2v) is 7.39. The molecule has 4 rings (SSSR count). The van der Waals surface area contributed by atoms with Gasteiger partial charge in [-0.2, -0.15) is 0 Å². The third-order valence-corrected chi connectivity index (χ3v) is 5.45. The molecule has 8 nitrogen and oxygen atoms in total. The predicted octanol–water partition coefficient (Wildman–Crippen LogP) is 0.839. The average Bonchev–Trinajstić information content (AvgIpc) is 3.39. The highest BCUT2D eigenvalue weighted by Crippen LogP contribution is 2.36. The zero-order chi connectivity index (χ0) is 17.1. The van der Waals surface area contributed by atoms with Crippen molar-refractivity contribution < 1.29 is 4.79 Å². The normalized spacial score (nSPS) is 18.5. The number of carbonyl (C=O) groups excluding carboxylic acids is 1. The molecule has 2 aliphatic rings. The van der Waals surface area contributed by atoms with Gasteiger partial charge in [-0.1, -0.05) is 17.8 Å². The zero-order valence-electron chi connectivity index (χ0n) is 14.0. The number of amides is 1. The minimum atomic E-state index is 0.163. The van der Waals surface area contributed by atoms with E-state index in [9.17, 15) is 4.79 Å². The first-order chi connectivity index (χ1) is 12.3. The number of tetrazole rings is 1. The summed E-state index contributed by atoms with van der Waals surface area (Å²) in [5.41, 5.74) is 1.21. The quantitative estimate of drug-likeness (QED) is 0.707. The van der Waals surface area contributed by atoms with Crippen molar-refractivity contribution in [2.45, 2.75) is 30.6 Å².